The summed E-state index contributed by atoms with van der Waals surface area (Å²) in [6.45, 7) is 0. The first-order valence-electron chi connectivity index (χ1n) is 19.6. The van der Waals surface area contributed by atoms with Gasteiger partial charge < -0.3 is 4.74 Å². The Morgan fingerprint density at radius 2 is 0.930 bits per heavy atom. The Balaban J connectivity index is 0.959. The first-order chi connectivity index (χ1) is 28.3. The van der Waals surface area contributed by atoms with Crippen molar-refractivity contribution < 1.29 is 4.74 Å². The number of fused-ring (bicyclic) bond motifs is 11. The van der Waals surface area contributed by atoms with Crippen LogP contribution >= 0.6 is 0 Å². The molecule has 1 aliphatic heterocycles. The quantitative estimate of drug-likeness (QED) is 0.169. The van der Waals surface area contributed by atoms with E-state index >= 15 is 0 Å². The molecular weight excluding hydrogens is 693 g/mol. The van der Waals surface area contributed by atoms with Crippen molar-refractivity contribution in [3.05, 3.63) is 200 Å². The molecular formula is C54H34N2O. The smallest absolute Gasteiger partial charge is 0.128 e. The maximum absolute atomic E-state index is 6.28. The molecule has 266 valence electrons. The number of aromatic nitrogens is 2. The average molecular weight is 727 g/mol. The Kier molecular flexibility index (Phi) is 7.05. The Morgan fingerprint density at radius 3 is 1.61 bits per heavy atom. The number of benzene rings is 9. The van der Waals surface area contributed by atoms with Crippen LogP contribution in [0.3, 0.4) is 0 Å². The van der Waals surface area contributed by atoms with E-state index in [1.54, 1.807) is 0 Å². The molecule has 2 atom stereocenters. The second-order valence-corrected chi connectivity index (χ2v) is 15.2. The second kappa shape index (κ2) is 12.6. The summed E-state index contributed by atoms with van der Waals surface area (Å²) in [6.07, 6.45) is 10.6. The van der Waals surface area contributed by atoms with Crippen LogP contribution in [0.25, 0.3) is 98.8 Å². The van der Waals surface area contributed by atoms with Crippen LogP contribution in [-0.2, 0) is 0 Å². The van der Waals surface area contributed by atoms with Crippen molar-refractivity contribution in [2.24, 2.45) is 0 Å². The average Bonchev–Trinajstić information content (AvgIpc) is 3.66. The van der Waals surface area contributed by atoms with Crippen molar-refractivity contribution in [3.63, 3.8) is 0 Å². The van der Waals surface area contributed by atoms with Crippen molar-refractivity contribution in [1.82, 2.24) is 9.97 Å². The fourth-order valence-electron chi connectivity index (χ4n) is 9.41. The third-order valence-corrected chi connectivity index (χ3v) is 12.1. The van der Waals surface area contributed by atoms with Gasteiger partial charge in [0.05, 0.1) is 22.9 Å². The monoisotopic (exact) mass is 726 g/mol. The van der Waals surface area contributed by atoms with E-state index < -0.39 is 0 Å². The molecule has 3 heteroatoms. The van der Waals surface area contributed by atoms with E-state index in [1.165, 1.54) is 65.7 Å². The van der Waals surface area contributed by atoms with Crippen LogP contribution in [0.1, 0.15) is 11.5 Å². The molecule has 0 bridgehead atoms. The van der Waals surface area contributed by atoms with Crippen LogP contribution in [0.5, 0.6) is 5.75 Å². The van der Waals surface area contributed by atoms with Crippen LogP contribution in [0, 0.1) is 0 Å². The van der Waals surface area contributed by atoms with Gasteiger partial charge in [-0.3, -0.25) is 4.98 Å². The van der Waals surface area contributed by atoms with Crippen LogP contribution < -0.4 is 4.74 Å². The highest BCUT2D eigenvalue weighted by atomic mass is 16.5. The predicted molar refractivity (Wildman–Crippen MR) is 237 cm³/mol. The van der Waals surface area contributed by atoms with Gasteiger partial charge in [0.1, 0.15) is 11.9 Å². The molecule has 1 aliphatic carbocycles. The molecule has 0 spiro atoms. The van der Waals surface area contributed by atoms with Gasteiger partial charge in [-0.25, -0.2) is 4.98 Å². The zero-order valence-electron chi connectivity index (χ0n) is 30.9. The normalized spacial score (nSPS) is 15.7. The molecule has 1 aromatic heterocycles. The zero-order valence-corrected chi connectivity index (χ0v) is 30.9. The van der Waals surface area contributed by atoms with Gasteiger partial charge in [0.25, 0.3) is 0 Å². The molecule has 2 heterocycles. The van der Waals surface area contributed by atoms with E-state index in [2.05, 4.69) is 188 Å². The predicted octanol–water partition coefficient (Wildman–Crippen LogP) is 13.9. The lowest BCUT2D eigenvalue weighted by atomic mass is 9.87. The maximum Gasteiger partial charge on any atom is 0.128 e. The summed E-state index contributed by atoms with van der Waals surface area (Å²) >= 11 is 0. The zero-order chi connectivity index (χ0) is 37.5. The van der Waals surface area contributed by atoms with Gasteiger partial charge in [0.2, 0.25) is 0 Å². The van der Waals surface area contributed by atoms with E-state index in [1.807, 2.05) is 6.20 Å². The number of nitrogens with zero attached hydrogens (tertiary/aromatic N) is 2. The third kappa shape index (κ3) is 4.99. The molecule has 0 amide bonds. The first-order valence-corrected chi connectivity index (χ1v) is 19.6. The van der Waals surface area contributed by atoms with Crippen molar-refractivity contribution in [2.45, 2.75) is 12.0 Å². The van der Waals surface area contributed by atoms with E-state index in [0.29, 0.717) is 0 Å². The van der Waals surface area contributed by atoms with Crippen molar-refractivity contribution in [1.29, 1.82) is 0 Å². The van der Waals surface area contributed by atoms with Crippen LogP contribution in [0.2, 0.25) is 0 Å². The number of ether oxygens (including phenoxy) is 1. The molecule has 0 N–H and O–H groups in total. The second-order valence-electron chi connectivity index (χ2n) is 15.2. The molecule has 2 unspecified atom stereocenters. The fraction of sp³-hybridized carbons (Fsp3) is 0.0370. The van der Waals surface area contributed by atoms with Gasteiger partial charge in [-0.1, -0.05) is 164 Å². The molecule has 0 fully saturated rings. The largest absolute Gasteiger partial charge is 0.485 e. The van der Waals surface area contributed by atoms with Crippen molar-refractivity contribution in [2.75, 3.05) is 0 Å². The lowest BCUT2D eigenvalue weighted by molar-refractivity contribution is 0.269. The Bertz CT molecular complexity index is 3320. The van der Waals surface area contributed by atoms with E-state index in [-0.39, 0.29) is 12.0 Å². The lowest BCUT2D eigenvalue weighted by Gasteiger charge is -2.16. The molecule has 57 heavy (non-hydrogen) atoms. The summed E-state index contributed by atoms with van der Waals surface area (Å²) in [5.41, 5.74) is 12.2. The summed E-state index contributed by atoms with van der Waals surface area (Å²) < 4.78 is 6.28. The molecule has 0 saturated carbocycles. The highest BCUT2D eigenvalue weighted by Gasteiger charge is 2.32. The summed E-state index contributed by atoms with van der Waals surface area (Å²) in [4.78, 5) is 10.3. The highest BCUT2D eigenvalue weighted by Crippen LogP contribution is 2.45. The van der Waals surface area contributed by atoms with Crippen molar-refractivity contribution in [3.8, 4) is 50.4 Å². The molecule has 9 aromatic carbocycles. The minimum atomic E-state index is 0.0762. The number of hydrogen-bond donors (Lipinski definition) is 0. The minimum Gasteiger partial charge on any atom is -0.485 e. The number of hydrogen-bond acceptors (Lipinski definition) is 3. The van der Waals surface area contributed by atoms with E-state index in [4.69, 9.17) is 14.7 Å². The number of allylic oxidation sites excluding steroid dienone is 2. The van der Waals surface area contributed by atoms with Gasteiger partial charge in [-0.2, -0.15) is 0 Å². The Labute approximate surface area is 329 Å². The van der Waals surface area contributed by atoms with Crippen LogP contribution in [0.4, 0.5) is 0 Å². The summed E-state index contributed by atoms with van der Waals surface area (Å²) in [5.74, 6) is 1.23. The summed E-state index contributed by atoms with van der Waals surface area (Å²) in [5, 5.41) is 9.55. The molecule has 0 saturated heterocycles. The molecule has 2 aliphatic rings. The summed E-state index contributed by atoms with van der Waals surface area (Å²) in [7, 11) is 0. The van der Waals surface area contributed by atoms with Gasteiger partial charge in [-0.05, 0) is 90.0 Å². The molecule has 0 radical (unpaired) electrons. The molecule has 3 nitrogen and oxygen atoms in total. The van der Waals surface area contributed by atoms with Gasteiger partial charge in [-0.15, -0.1) is 0 Å². The fourth-order valence-corrected chi connectivity index (χ4v) is 9.41. The topological polar surface area (TPSA) is 35.0 Å². The van der Waals surface area contributed by atoms with Crippen molar-refractivity contribution >= 4 is 54.1 Å². The standard InChI is InChI=1S/C54H34N2O/c1-3-17-47-44(14-1)45-15-2-4-18-48(45)54-53(47)55-32-50(56-54)35-13-7-12-33(30-35)36-19-8-23-40-38(36)21-10-25-42(40)43-26-11-22-39-37(20-9-24-41(39)43)34-28-29-52-49(31-34)46-16-5-6-27-51(46)57-52/h1-32,46,51H. The highest BCUT2D eigenvalue weighted by molar-refractivity contribution is 6.23. The minimum absolute atomic E-state index is 0.0762. The molecule has 12 rings (SSSR count). The Hall–Kier alpha value is -7.36. The number of rotatable bonds is 4. The maximum atomic E-state index is 6.28. The van der Waals surface area contributed by atoms with E-state index in [9.17, 15) is 0 Å². The SMILES string of the molecule is C1=CC2Oc3ccc(-c4cccc5c(-c6cccc7c(-c8cccc(-c9cnc%10c%11ccccc%11c%11ccccc%11c%10n9)c8)cccc67)cccc45)cc3C2C=C1. The van der Waals surface area contributed by atoms with Crippen LogP contribution in [0.15, 0.2) is 194 Å². The van der Waals surface area contributed by atoms with Gasteiger partial charge >= 0.3 is 0 Å². The third-order valence-electron chi connectivity index (χ3n) is 12.1. The first kappa shape index (κ1) is 31.9. The molecule has 10 aromatic rings. The van der Waals surface area contributed by atoms with Crippen LogP contribution in [-0.4, -0.2) is 16.1 Å². The van der Waals surface area contributed by atoms with Gasteiger partial charge in [0, 0.05) is 27.8 Å². The summed E-state index contributed by atoms with van der Waals surface area (Å²) in [6, 6.07) is 59.2. The van der Waals surface area contributed by atoms with Gasteiger partial charge in [0.15, 0.2) is 0 Å². The Morgan fingerprint density at radius 1 is 0.404 bits per heavy atom. The van der Waals surface area contributed by atoms with E-state index in [0.717, 1.165) is 44.4 Å². The lowest BCUT2D eigenvalue weighted by Crippen LogP contribution is -2.15.